The maximum atomic E-state index is 9.57. The van der Waals surface area contributed by atoms with E-state index in [2.05, 4.69) is 36.1 Å². The van der Waals surface area contributed by atoms with Gasteiger partial charge in [0.15, 0.2) is 0 Å². The van der Waals surface area contributed by atoms with E-state index in [1.165, 1.54) is 5.56 Å². The number of hydrogen-bond acceptors (Lipinski definition) is 4. The van der Waals surface area contributed by atoms with Crippen LogP contribution in [0, 0.1) is 0 Å². The van der Waals surface area contributed by atoms with Gasteiger partial charge in [-0.05, 0) is 6.42 Å². The number of aliphatic hydroxyl groups is 3. The van der Waals surface area contributed by atoms with Crippen molar-refractivity contribution in [2.45, 2.75) is 19.9 Å². The van der Waals surface area contributed by atoms with Crippen LogP contribution in [0.5, 0.6) is 0 Å². The van der Waals surface area contributed by atoms with Gasteiger partial charge in [0, 0.05) is 25.2 Å². The molecule has 0 radical (unpaired) electrons. The van der Waals surface area contributed by atoms with Gasteiger partial charge in [-0.1, -0.05) is 37.3 Å². The highest BCUT2D eigenvalue weighted by Gasteiger charge is 2.27. The highest BCUT2D eigenvalue weighted by Crippen LogP contribution is 2.16. The van der Waals surface area contributed by atoms with Crippen LogP contribution in [0.25, 0.3) is 0 Å². The number of nitrogens with zero attached hydrogens (tertiary/aromatic N) is 2. The van der Waals surface area contributed by atoms with Gasteiger partial charge in [-0.15, -0.1) is 0 Å². The first-order valence-corrected chi connectivity index (χ1v) is 8.63. The fourth-order valence-electron chi connectivity index (χ4n) is 3.20. The molecular weight excluding hydrogens is 292 g/mol. The summed E-state index contributed by atoms with van der Waals surface area (Å²) in [7, 11) is 0. The average molecular weight is 325 g/mol. The first kappa shape index (κ1) is 20.1. The fraction of sp³-hybridized carbons (Fsp3) is 0.667. The van der Waals surface area contributed by atoms with E-state index in [0.717, 1.165) is 43.6 Å². The van der Waals surface area contributed by atoms with Crippen LogP contribution < -0.4 is 0 Å². The third-order valence-corrected chi connectivity index (χ3v) is 4.36. The van der Waals surface area contributed by atoms with Crippen LogP contribution in [-0.4, -0.2) is 83.8 Å². The Morgan fingerprint density at radius 2 is 1.48 bits per heavy atom. The van der Waals surface area contributed by atoms with E-state index in [9.17, 15) is 5.11 Å². The Morgan fingerprint density at radius 3 is 2.00 bits per heavy atom. The molecule has 0 aliphatic rings. The van der Waals surface area contributed by atoms with Gasteiger partial charge in [0.05, 0.1) is 32.9 Å². The van der Waals surface area contributed by atoms with Gasteiger partial charge in [-0.3, -0.25) is 4.90 Å². The minimum Gasteiger partial charge on any atom is -0.395 e. The van der Waals surface area contributed by atoms with Crippen molar-refractivity contribution in [2.24, 2.45) is 0 Å². The Kier molecular flexibility index (Phi) is 10.1. The number of rotatable bonds is 13. The van der Waals surface area contributed by atoms with Crippen LogP contribution in [0.4, 0.5) is 0 Å². The van der Waals surface area contributed by atoms with Crippen molar-refractivity contribution < 1.29 is 19.8 Å². The summed E-state index contributed by atoms with van der Waals surface area (Å²) < 4.78 is 0.838. The Morgan fingerprint density at radius 1 is 0.826 bits per heavy atom. The number of benzene rings is 1. The molecule has 0 fully saturated rings. The van der Waals surface area contributed by atoms with Crippen LogP contribution in [0.2, 0.25) is 0 Å². The Hall–Kier alpha value is -0.980. The molecule has 0 saturated heterocycles. The van der Waals surface area contributed by atoms with Crippen LogP contribution in [0.1, 0.15) is 18.9 Å². The topological polar surface area (TPSA) is 63.9 Å². The van der Waals surface area contributed by atoms with Crippen molar-refractivity contribution in [3.05, 3.63) is 35.9 Å². The highest BCUT2D eigenvalue weighted by atomic mass is 16.3. The Balaban J connectivity index is 2.80. The standard InChI is InChI=1S/C18H33N2O3/c1-2-11-20(13-16-23,17-18-6-4-3-5-7-18)12-8-19(9-14-21)10-15-22/h3-7,21-23H,2,8-17H2,1H3/q+1. The number of hydrogen-bond donors (Lipinski definition) is 3. The summed E-state index contributed by atoms with van der Waals surface area (Å²) in [4.78, 5) is 2.09. The van der Waals surface area contributed by atoms with Gasteiger partial charge in [-0.2, -0.15) is 0 Å². The molecule has 132 valence electrons. The third kappa shape index (κ3) is 7.42. The number of aliphatic hydroxyl groups excluding tert-OH is 3. The molecule has 5 nitrogen and oxygen atoms in total. The van der Waals surface area contributed by atoms with Crippen LogP contribution in [0.15, 0.2) is 30.3 Å². The molecule has 0 bridgehead atoms. The molecule has 0 aliphatic heterocycles. The zero-order valence-electron chi connectivity index (χ0n) is 14.4. The second-order valence-electron chi connectivity index (χ2n) is 6.17. The zero-order chi connectivity index (χ0) is 17.0. The van der Waals surface area contributed by atoms with Gasteiger partial charge in [0.25, 0.3) is 0 Å². The van der Waals surface area contributed by atoms with Crippen molar-refractivity contribution in [1.82, 2.24) is 4.90 Å². The summed E-state index contributed by atoms with van der Waals surface area (Å²) in [6.07, 6.45) is 1.06. The molecule has 0 aromatic heterocycles. The van der Waals surface area contributed by atoms with E-state index >= 15 is 0 Å². The molecule has 0 amide bonds. The first-order valence-electron chi connectivity index (χ1n) is 8.63. The van der Waals surface area contributed by atoms with E-state index < -0.39 is 0 Å². The second kappa shape index (κ2) is 11.5. The fourth-order valence-corrected chi connectivity index (χ4v) is 3.20. The Bertz CT molecular complexity index is 389. The van der Waals surface area contributed by atoms with E-state index in [1.54, 1.807) is 0 Å². The first-order chi connectivity index (χ1) is 11.2. The summed E-state index contributed by atoms with van der Waals surface area (Å²) in [5.41, 5.74) is 1.28. The molecule has 0 spiro atoms. The molecule has 3 N–H and O–H groups in total. The molecule has 1 aromatic carbocycles. The molecule has 0 heterocycles. The van der Waals surface area contributed by atoms with Gasteiger partial charge in [0.1, 0.15) is 13.1 Å². The summed E-state index contributed by atoms with van der Waals surface area (Å²) in [5, 5.41) is 27.9. The van der Waals surface area contributed by atoms with Gasteiger partial charge in [0.2, 0.25) is 0 Å². The molecule has 1 atom stereocenters. The smallest absolute Gasteiger partial charge is 0.104 e. The van der Waals surface area contributed by atoms with Gasteiger partial charge in [-0.25, -0.2) is 0 Å². The van der Waals surface area contributed by atoms with Crippen LogP contribution in [-0.2, 0) is 6.54 Å². The monoisotopic (exact) mass is 325 g/mol. The van der Waals surface area contributed by atoms with Crippen LogP contribution >= 0.6 is 0 Å². The average Bonchev–Trinajstić information content (AvgIpc) is 2.55. The SMILES string of the molecule is CCC[N+](CCO)(CCN(CCO)CCO)Cc1ccccc1. The Labute approximate surface area is 140 Å². The molecule has 5 heteroatoms. The largest absolute Gasteiger partial charge is 0.395 e. The molecule has 1 unspecified atom stereocenters. The van der Waals surface area contributed by atoms with E-state index in [-0.39, 0.29) is 19.8 Å². The van der Waals surface area contributed by atoms with Gasteiger partial charge < -0.3 is 19.8 Å². The maximum Gasteiger partial charge on any atom is 0.104 e. The lowest BCUT2D eigenvalue weighted by molar-refractivity contribution is -0.940. The predicted octanol–water partition coefficient (Wildman–Crippen LogP) is 0.692. The molecule has 1 rings (SSSR count). The quantitative estimate of drug-likeness (QED) is 0.467. The minimum atomic E-state index is 0.104. The summed E-state index contributed by atoms with van der Waals surface area (Å²) in [5.74, 6) is 0. The lowest BCUT2D eigenvalue weighted by Gasteiger charge is -2.40. The third-order valence-electron chi connectivity index (χ3n) is 4.36. The minimum absolute atomic E-state index is 0.104. The lowest BCUT2D eigenvalue weighted by atomic mass is 10.1. The summed E-state index contributed by atoms with van der Waals surface area (Å²) in [6.45, 7) is 8.09. The van der Waals surface area contributed by atoms with Crippen molar-refractivity contribution >= 4 is 0 Å². The lowest BCUT2D eigenvalue weighted by Crippen LogP contribution is -2.53. The van der Waals surface area contributed by atoms with E-state index in [0.29, 0.717) is 13.1 Å². The zero-order valence-corrected chi connectivity index (χ0v) is 14.4. The van der Waals surface area contributed by atoms with Crippen LogP contribution in [0.3, 0.4) is 0 Å². The molecular formula is C18H33N2O3+. The molecule has 23 heavy (non-hydrogen) atoms. The maximum absolute atomic E-state index is 9.57. The van der Waals surface area contributed by atoms with Gasteiger partial charge >= 0.3 is 0 Å². The predicted molar refractivity (Wildman–Crippen MR) is 93.0 cm³/mol. The van der Waals surface area contributed by atoms with Crippen molar-refractivity contribution in [2.75, 3.05) is 59.1 Å². The normalized spacial score (nSPS) is 14.1. The van der Waals surface area contributed by atoms with Crippen molar-refractivity contribution in [3.8, 4) is 0 Å². The second-order valence-corrected chi connectivity index (χ2v) is 6.17. The van der Waals surface area contributed by atoms with Crippen molar-refractivity contribution in [3.63, 3.8) is 0 Å². The van der Waals surface area contributed by atoms with Crippen molar-refractivity contribution in [1.29, 1.82) is 0 Å². The highest BCUT2D eigenvalue weighted by molar-refractivity contribution is 5.13. The van der Waals surface area contributed by atoms with E-state index in [4.69, 9.17) is 10.2 Å². The number of quaternary nitrogens is 1. The summed E-state index contributed by atoms with van der Waals surface area (Å²) in [6, 6.07) is 10.4. The van der Waals surface area contributed by atoms with E-state index in [1.807, 2.05) is 6.07 Å². The molecule has 0 aliphatic carbocycles. The summed E-state index contributed by atoms with van der Waals surface area (Å²) >= 11 is 0. The molecule has 1 aromatic rings. The molecule has 0 saturated carbocycles.